The fourth-order valence-corrected chi connectivity index (χ4v) is 7.26. The van der Waals surface area contributed by atoms with Crippen LogP contribution in [-0.2, 0) is 17.6 Å². The molecule has 4 nitrogen and oxygen atoms in total. The number of aromatic nitrogens is 2. The third-order valence-corrected chi connectivity index (χ3v) is 8.63. The van der Waals surface area contributed by atoms with Crippen molar-refractivity contribution in [1.82, 2.24) is 10.2 Å². The van der Waals surface area contributed by atoms with Crippen LogP contribution in [0, 0.1) is 34.5 Å². The van der Waals surface area contributed by atoms with E-state index in [2.05, 4.69) is 24.0 Å². The smallest absolute Gasteiger partial charge is 0.167 e. The van der Waals surface area contributed by atoms with E-state index in [9.17, 15) is 9.90 Å². The maximum atomic E-state index is 12.6. The number of Topliss-reactive ketones (excluding diaryl/α,β-unsaturated/α-hetero) is 1. The van der Waals surface area contributed by atoms with E-state index in [-0.39, 0.29) is 11.2 Å². The van der Waals surface area contributed by atoms with Crippen molar-refractivity contribution in [2.45, 2.75) is 64.9 Å². The number of aromatic amines is 1. The molecular weight excluding hydrogens is 300 g/mol. The summed E-state index contributed by atoms with van der Waals surface area (Å²) in [6, 6.07) is 0. The maximum Gasteiger partial charge on any atom is 0.167 e. The highest BCUT2D eigenvalue weighted by Crippen LogP contribution is 2.64. The summed E-state index contributed by atoms with van der Waals surface area (Å²) in [6.45, 7) is 4.64. The molecule has 1 aromatic rings. The van der Waals surface area contributed by atoms with Crippen LogP contribution in [0.2, 0.25) is 0 Å². The van der Waals surface area contributed by atoms with Crippen LogP contribution >= 0.6 is 0 Å². The maximum absolute atomic E-state index is 12.6. The first-order valence-corrected chi connectivity index (χ1v) is 9.67. The average molecular weight is 328 g/mol. The van der Waals surface area contributed by atoms with E-state index in [0.717, 1.165) is 31.6 Å². The van der Waals surface area contributed by atoms with Crippen LogP contribution in [0.5, 0.6) is 0 Å². The molecule has 4 aliphatic rings. The van der Waals surface area contributed by atoms with Gasteiger partial charge in [-0.2, -0.15) is 5.10 Å². The molecule has 1 heterocycles. The Kier molecular flexibility index (Phi) is 2.97. The lowest BCUT2D eigenvalue weighted by molar-refractivity contribution is -0.140. The Hall–Kier alpha value is -1.16. The molecule has 4 unspecified atom stereocenters. The second-order valence-corrected chi connectivity index (χ2v) is 9.48. The first kappa shape index (κ1) is 15.1. The van der Waals surface area contributed by atoms with E-state index < -0.39 is 6.10 Å². The van der Waals surface area contributed by atoms with Crippen molar-refractivity contribution in [2.75, 3.05) is 0 Å². The van der Waals surface area contributed by atoms with Crippen LogP contribution < -0.4 is 0 Å². The third-order valence-electron chi connectivity index (χ3n) is 8.63. The first-order chi connectivity index (χ1) is 11.4. The number of aliphatic hydroxyl groups is 1. The van der Waals surface area contributed by atoms with E-state index in [4.69, 9.17) is 0 Å². The van der Waals surface area contributed by atoms with E-state index >= 15 is 0 Å². The number of carbonyl (C=O) groups is 1. The molecule has 3 saturated carbocycles. The van der Waals surface area contributed by atoms with Gasteiger partial charge in [-0.15, -0.1) is 0 Å². The summed E-state index contributed by atoms with van der Waals surface area (Å²) in [5.41, 5.74) is 2.82. The minimum atomic E-state index is -0.712. The predicted molar refractivity (Wildman–Crippen MR) is 90.3 cm³/mol. The Labute approximate surface area is 143 Å². The molecular formula is C20H28N2O2. The SMILES string of the molecule is C[C@]12Cc3cn[nH]c3CC1CCC1C2CC[C@]2(C)C(=O)[C@H](O)CC12. The van der Waals surface area contributed by atoms with Crippen molar-refractivity contribution in [2.24, 2.45) is 34.5 Å². The summed E-state index contributed by atoms with van der Waals surface area (Å²) in [5, 5.41) is 17.7. The van der Waals surface area contributed by atoms with Gasteiger partial charge in [-0.05, 0) is 79.6 Å². The topological polar surface area (TPSA) is 66.0 Å². The van der Waals surface area contributed by atoms with E-state index in [1.54, 1.807) is 0 Å². The number of hydrogen-bond donors (Lipinski definition) is 2. The second-order valence-electron chi connectivity index (χ2n) is 9.48. The van der Waals surface area contributed by atoms with E-state index in [1.807, 2.05) is 6.20 Å². The molecule has 0 aromatic carbocycles. The molecule has 0 saturated heterocycles. The summed E-state index contributed by atoms with van der Waals surface area (Å²) < 4.78 is 0. The summed E-state index contributed by atoms with van der Waals surface area (Å²) in [4.78, 5) is 12.6. The largest absolute Gasteiger partial charge is 0.385 e. The molecule has 2 N–H and O–H groups in total. The molecule has 0 amide bonds. The normalized spacial score (nSPS) is 50.0. The Morgan fingerprint density at radius 3 is 2.92 bits per heavy atom. The minimum absolute atomic E-state index is 0.124. The number of nitrogens with zero attached hydrogens (tertiary/aromatic N) is 1. The number of fused-ring (bicyclic) bond motifs is 6. The number of hydrogen-bond acceptors (Lipinski definition) is 3. The van der Waals surface area contributed by atoms with Crippen LogP contribution in [0.15, 0.2) is 6.20 Å². The number of aliphatic hydroxyl groups excluding tert-OH is 1. The first-order valence-electron chi connectivity index (χ1n) is 9.67. The molecule has 0 bridgehead atoms. The highest BCUT2D eigenvalue weighted by molar-refractivity contribution is 5.91. The van der Waals surface area contributed by atoms with Crippen LogP contribution in [-0.4, -0.2) is 27.2 Å². The lowest BCUT2D eigenvalue weighted by atomic mass is 9.45. The molecule has 3 fully saturated rings. The number of H-pyrrole nitrogens is 1. The fourth-order valence-electron chi connectivity index (χ4n) is 7.26. The van der Waals surface area contributed by atoms with Gasteiger partial charge in [-0.1, -0.05) is 13.8 Å². The van der Waals surface area contributed by atoms with Crippen molar-refractivity contribution >= 4 is 5.78 Å². The predicted octanol–water partition coefficient (Wildman–Crippen LogP) is 2.91. The van der Waals surface area contributed by atoms with Crippen molar-refractivity contribution in [3.63, 3.8) is 0 Å². The molecule has 0 spiro atoms. The van der Waals surface area contributed by atoms with Crippen LogP contribution in [0.1, 0.15) is 57.2 Å². The standard InChI is InChI=1S/C20H28N2O2/c1-19-6-5-14-13(15(19)8-17(23)18(19)24)4-3-12-7-16-11(10-21-22-16)9-20(12,14)2/h10,12-15,17,23H,3-9H2,1-2H3,(H,21,22)/t12?,13?,14?,15?,17-,19+,20+/m1/s1. The highest BCUT2D eigenvalue weighted by atomic mass is 16.3. The highest BCUT2D eigenvalue weighted by Gasteiger charge is 2.62. The van der Waals surface area contributed by atoms with Gasteiger partial charge in [0, 0.05) is 11.1 Å². The summed E-state index contributed by atoms with van der Waals surface area (Å²) in [7, 11) is 0. The molecule has 5 rings (SSSR count). The summed E-state index contributed by atoms with van der Waals surface area (Å²) >= 11 is 0. The Bertz CT molecular complexity index is 698. The van der Waals surface area contributed by atoms with Crippen molar-refractivity contribution in [1.29, 1.82) is 0 Å². The van der Waals surface area contributed by atoms with Crippen molar-refractivity contribution in [3.8, 4) is 0 Å². The Morgan fingerprint density at radius 2 is 2.08 bits per heavy atom. The van der Waals surface area contributed by atoms with Crippen molar-refractivity contribution in [3.05, 3.63) is 17.5 Å². The Morgan fingerprint density at radius 1 is 1.25 bits per heavy atom. The van der Waals surface area contributed by atoms with Gasteiger partial charge in [0.25, 0.3) is 0 Å². The van der Waals surface area contributed by atoms with Gasteiger partial charge in [0.1, 0.15) is 6.10 Å². The van der Waals surface area contributed by atoms with E-state index in [1.165, 1.54) is 24.1 Å². The Balaban J connectivity index is 1.51. The molecule has 4 heteroatoms. The van der Waals surface area contributed by atoms with Crippen LogP contribution in [0.4, 0.5) is 0 Å². The monoisotopic (exact) mass is 328 g/mol. The molecule has 0 radical (unpaired) electrons. The summed E-state index contributed by atoms with van der Waals surface area (Å²) in [5.74, 6) is 2.55. The lowest BCUT2D eigenvalue weighted by Gasteiger charge is -2.59. The molecule has 1 aromatic heterocycles. The van der Waals surface area contributed by atoms with Crippen LogP contribution in [0.25, 0.3) is 0 Å². The quantitative estimate of drug-likeness (QED) is 0.769. The molecule has 24 heavy (non-hydrogen) atoms. The number of nitrogens with one attached hydrogen (secondary N) is 1. The zero-order chi connectivity index (χ0) is 16.7. The van der Waals surface area contributed by atoms with Gasteiger partial charge in [-0.3, -0.25) is 9.89 Å². The minimum Gasteiger partial charge on any atom is -0.385 e. The van der Waals surface area contributed by atoms with Gasteiger partial charge in [-0.25, -0.2) is 0 Å². The fraction of sp³-hybridized carbons (Fsp3) is 0.800. The van der Waals surface area contributed by atoms with E-state index in [0.29, 0.717) is 29.6 Å². The lowest BCUT2D eigenvalue weighted by Crippen LogP contribution is -2.54. The molecule has 4 aliphatic carbocycles. The van der Waals surface area contributed by atoms with Gasteiger partial charge < -0.3 is 5.11 Å². The average Bonchev–Trinajstić information content (AvgIpc) is 3.08. The molecule has 130 valence electrons. The molecule has 0 aliphatic heterocycles. The zero-order valence-electron chi connectivity index (χ0n) is 14.7. The second kappa shape index (κ2) is 4.72. The number of carbonyl (C=O) groups excluding carboxylic acids is 1. The number of ketones is 1. The van der Waals surface area contributed by atoms with Gasteiger partial charge in [0.05, 0.1) is 6.20 Å². The van der Waals surface area contributed by atoms with Gasteiger partial charge in [0.2, 0.25) is 0 Å². The zero-order valence-corrected chi connectivity index (χ0v) is 14.7. The van der Waals surface area contributed by atoms with Crippen LogP contribution in [0.3, 0.4) is 0 Å². The number of rotatable bonds is 0. The van der Waals surface area contributed by atoms with Gasteiger partial charge in [0.15, 0.2) is 5.78 Å². The third kappa shape index (κ3) is 1.73. The van der Waals surface area contributed by atoms with Crippen molar-refractivity contribution < 1.29 is 9.90 Å². The van der Waals surface area contributed by atoms with Gasteiger partial charge >= 0.3 is 0 Å². The summed E-state index contributed by atoms with van der Waals surface area (Å²) in [6.07, 6.45) is 8.89. The molecule has 7 atom stereocenters.